The first-order valence-electron chi connectivity index (χ1n) is 22.6. The first-order valence-corrected chi connectivity index (χ1v) is 22.6. The Bertz CT molecular complexity index is 2550. The van der Waals surface area contributed by atoms with Gasteiger partial charge in [0.2, 0.25) is 0 Å². The van der Waals surface area contributed by atoms with Crippen molar-refractivity contribution in [1.82, 2.24) is 0 Å². The summed E-state index contributed by atoms with van der Waals surface area (Å²) in [6, 6.07) is 53.4. The number of anilines is 2. The number of hydrogen-bond donors (Lipinski definition) is 0. The molecule has 2 fully saturated rings. The molecule has 1 heteroatoms. The van der Waals surface area contributed by atoms with Gasteiger partial charge in [-0.05, 0) is 154 Å². The molecule has 0 N–H and O–H groups in total. The molecule has 1 nitrogen and oxygen atoms in total. The van der Waals surface area contributed by atoms with E-state index in [9.17, 15) is 0 Å². The molecular formula is C59H61N. The molecule has 3 aliphatic carbocycles. The summed E-state index contributed by atoms with van der Waals surface area (Å²) in [5.74, 6) is 2.17. The Hall–Kier alpha value is -5.66. The largest absolute Gasteiger partial charge is 0.338 e. The van der Waals surface area contributed by atoms with Crippen LogP contribution < -0.4 is 4.90 Å². The molecule has 60 heavy (non-hydrogen) atoms. The van der Waals surface area contributed by atoms with Crippen molar-refractivity contribution >= 4 is 11.4 Å². The number of allylic oxidation sites excluding steroid dienone is 5. The lowest BCUT2D eigenvalue weighted by Gasteiger charge is -2.36. The normalized spacial score (nSPS) is 19.8. The Kier molecular flexibility index (Phi) is 11.1. The number of aryl methyl sites for hydroxylation is 1. The van der Waals surface area contributed by atoms with Gasteiger partial charge in [0.1, 0.15) is 0 Å². The number of rotatable bonds is 11. The van der Waals surface area contributed by atoms with E-state index in [1.165, 1.54) is 110 Å². The van der Waals surface area contributed by atoms with Gasteiger partial charge in [-0.25, -0.2) is 0 Å². The van der Waals surface area contributed by atoms with Crippen LogP contribution in [0, 0.1) is 24.2 Å². The van der Waals surface area contributed by atoms with E-state index in [-0.39, 0.29) is 5.41 Å². The summed E-state index contributed by atoms with van der Waals surface area (Å²) >= 11 is 0. The van der Waals surface area contributed by atoms with Crippen molar-refractivity contribution in [3.05, 3.63) is 193 Å². The predicted octanol–water partition coefficient (Wildman–Crippen LogP) is 16.7. The quantitative estimate of drug-likeness (QED) is 0.118. The molecule has 0 heterocycles. The lowest BCUT2D eigenvalue weighted by atomic mass is 9.70. The first-order chi connectivity index (χ1) is 29.2. The van der Waals surface area contributed by atoms with Crippen LogP contribution in [0.25, 0.3) is 44.5 Å². The van der Waals surface area contributed by atoms with E-state index in [0.717, 1.165) is 6.42 Å². The summed E-state index contributed by atoms with van der Waals surface area (Å²) in [7, 11) is 0. The van der Waals surface area contributed by atoms with Gasteiger partial charge in [-0.15, -0.1) is 0 Å². The average molecular weight is 784 g/mol. The predicted molar refractivity (Wildman–Crippen MR) is 258 cm³/mol. The molecule has 0 aromatic heterocycles. The van der Waals surface area contributed by atoms with E-state index in [0.29, 0.717) is 29.7 Å². The molecule has 0 saturated heterocycles. The van der Waals surface area contributed by atoms with Crippen molar-refractivity contribution in [3.8, 4) is 44.5 Å². The van der Waals surface area contributed by atoms with Gasteiger partial charge in [0.25, 0.3) is 0 Å². The van der Waals surface area contributed by atoms with E-state index in [1.807, 2.05) is 0 Å². The Morgan fingerprint density at radius 3 is 2.00 bits per heavy atom. The van der Waals surface area contributed by atoms with Crippen molar-refractivity contribution in [2.24, 2.45) is 17.3 Å². The van der Waals surface area contributed by atoms with Crippen LogP contribution in [0.1, 0.15) is 94.7 Å². The number of hydrogen-bond acceptors (Lipinski definition) is 1. The second-order valence-electron chi connectivity index (χ2n) is 18.5. The summed E-state index contributed by atoms with van der Waals surface area (Å²) in [5.41, 5.74) is 18.8. The molecule has 2 saturated carbocycles. The number of nitrogens with zero attached hydrogens (tertiary/aromatic N) is 1. The van der Waals surface area contributed by atoms with Crippen LogP contribution >= 0.6 is 0 Å². The molecule has 0 radical (unpaired) electrons. The Morgan fingerprint density at radius 1 is 0.667 bits per heavy atom. The maximum absolute atomic E-state index is 4.57. The molecule has 3 aliphatic rings. The van der Waals surface area contributed by atoms with Gasteiger partial charge in [-0.2, -0.15) is 0 Å². The molecule has 5 atom stereocenters. The van der Waals surface area contributed by atoms with Crippen LogP contribution in [0.15, 0.2) is 176 Å². The summed E-state index contributed by atoms with van der Waals surface area (Å²) < 4.78 is 0. The summed E-state index contributed by atoms with van der Waals surface area (Å²) in [6.45, 7) is 16.3. The van der Waals surface area contributed by atoms with Crippen LogP contribution in [0.2, 0.25) is 0 Å². The monoisotopic (exact) mass is 783 g/mol. The highest BCUT2D eigenvalue weighted by Gasteiger charge is 2.44. The minimum Gasteiger partial charge on any atom is -0.338 e. The zero-order chi connectivity index (χ0) is 41.4. The van der Waals surface area contributed by atoms with Crippen molar-refractivity contribution in [3.63, 3.8) is 0 Å². The maximum atomic E-state index is 4.57. The molecule has 9 rings (SSSR count). The Balaban J connectivity index is 1.18. The minimum absolute atomic E-state index is 0.0159. The highest BCUT2D eigenvalue weighted by molar-refractivity contribution is 6.01. The van der Waals surface area contributed by atoms with Crippen LogP contribution in [-0.2, 0) is 0 Å². The first kappa shape index (κ1) is 39.8. The number of benzene rings is 6. The minimum atomic E-state index is 0.0159. The summed E-state index contributed by atoms with van der Waals surface area (Å²) in [6.07, 6.45) is 15.8. The van der Waals surface area contributed by atoms with Crippen LogP contribution in [-0.4, -0.2) is 6.04 Å². The molecule has 5 unspecified atom stereocenters. The van der Waals surface area contributed by atoms with E-state index < -0.39 is 0 Å². The van der Waals surface area contributed by atoms with Gasteiger partial charge in [0, 0.05) is 23.0 Å². The van der Waals surface area contributed by atoms with E-state index in [4.69, 9.17) is 0 Å². The number of fused-ring (bicyclic) bond motifs is 10. The second kappa shape index (κ2) is 16.8. The molecule has 302 valence electrons. The van der Waals surface area contributed by atoms with E-state index in [2.05, 4.69) is 210 Å². The third-order valence-corrected chi connectivity index (χ3v) is 14.6. The lowest BCUT2D eigenvalue weighted by Crippen LogP contribution is -2.30. The van der Waals surface area contributed by atoms with Crippen molar-refractivity contribution < 1.29 is 0 Å². The third-order valence-electron chi connectivity index (χ3n) is 14.6. The third kappa shape index (κ3) is 7.53. The zero-order valence-electron chi connectivity index (χ0n) is 36.4. The second-order valence-corrected chi connectivity index (χ2v) is 18.5. The fourth-order valence-electron chi connectivity index (χ4n) is 10.6. The topological polar surface area (TPSA) is 3.24 Å². The Morgan fingerprint density at radius 2 is 1.28 bits per heavy atom. The van der Waals surface area contributed by atoms with Gasteiger partial charge < -0.3 is 4.90 Å². The zero-order valence-corrected chi connectivity index (χ0v) is 36.4. The molecule has 0 bridgehead atoms. The molecular weight excluding hydrogens is 723 g/mol. The van der Waals surface area contributed by atoms with Crippen molar-refractivity contribution in [2.45, 2.75) is 91.0 Å². The summed E-state index contributed by atoms with van der Waals surface area (Å²) in [5, 5.41) is 0. The van der Waals surface area contributed by atoms with Gasteiger partial charge in [0.15, 0.2) is 0 Å². The molecule has 6 aromatic carbocycles. The SMILES string of the molecule is C=C(/C=C\C=C/CC)C(C)(C)C(C)CC1CCC(N(c2ccc(-c3ccccc3)cc2)c2ccc(C)c3c2-c2ccccc2C2CC2c2ccccc2-c2ccccc2-3)C1. The fraction of sp³-hybridized carbons (Fsp3) is 0.288. The fourth-order valence-corrected chi connectivity index (χ4v) is 10.6. The Labute approximate surface area is 360 Å². The van der Waals surface area contributed by atoms with Gasteiger partial charge in [-0.3, -0.25) is 0 Å². The average Bonchev–Trinajstić information content (AvgIpc) is 3.95. The van der Waals surface area contributed by atoms with Crippen LogP contribution in [0.5, 0.6) is 0 Å². The van der Waals surface area contributed by atoms with Gasteiger partial charge in [0.05, 0.1) is 0 Å². The molecule has 0 spiro atoms. The smallest absolute Gasteiger partial charge is 0.0499 e. The highest BCUT2D eigenvalue weighted by Crippen LogP contribution is 2.61. The lowest BCUT2D eigenvalue weighted by molar-refractivity contribution is 0.238. The van der Waals surface area contributed by atoms with E-state index in [1.54, 1.807) is 0 Å². The van der Waals surface area contributed by atoms with Crippen LogP contribution in [0.4, 0.5) is 11.4 Å². The van der Waals surface area contributed by atoms with Gasteiger partial charge in [-0.1, -0.05) is 180 Å². The molecule has 6 aromatic rings. The summed E-state index contributed by atoms with van der Waals surface area (Å²) in [4.78, 5) is 2.77. The van der Waals surface area contributed by atoms with Gasteiger partial charge >= 0.3 is 0 Å². The highest BCUT2D eigenvalue weighted by atomic mass is 15.2. The molecule has 0 amide bonds. The van der Waals surface area contributed by atoms with E-state index >= 15 is 0 Å². The van der Waals surface area contributed by atoms with Crippen molar-refractivity contribution in [2.75, 3.05) is 4.90 Å². The van der Waals surface area contributed by atoms with Crippen molar-refractivity contribution in [1.29, 1.82) is 0 Å². The maximum Gasteiger partial charge on any atom is 0.0499 e. The standard InChI is InChI=1S/C59H61N/c1-7-8-9-11-20-41(3)59(5,6)42(4)37-43-30-33-47(38-43)60(46-34-31-45(32-35-46)44-21-12-10-13-22-44)56-36-29-40(2)57-52-27-18-16-24-49(52)48-23-14-15-25-50(48)54-39-55(54)51-26-17-19-28-53(51)58(56)57/h8-29,31-32,34-36,42-43,47,54-55H,3,7,30,33,37-39H2,1-2,4-6H3/b9-8-,20-11-. The molecule has 0 aliphatic heterocycles. The van der Waals surface area contributed by atoms with Crippen LogP contribution in [0.3, 0.4) is 0 Å².